The number of β-amino-alcohol motifs (C(OH)–C–C–N with tert-alkyl or cyclic N) is 1. The molecule has 0 amide bonds. The number of nitrogens with zero attached hydrogens (tertiary/aromatic N) is 1. The van der Waals surface area contributed by atoms with Crippen LogP contribution in [0, 0.1) is 11.3 Å². The molecule has 1 aliphatic rings. The number of hydrogen-bond acceptors (Lipinski definition) is 2. The van der Waals surface area contributed by atoms with Gasteiger partial charge in [-0.15, -0.1) is 0 Å². The molecule has 2 heteroatoms. The van der Waals surface area contributed by atoms with E-state index in [-0.39, 0.29) is 0 Å². The Morgan fingerprint density at radius 2 is 2.00 bits per heavy atom. The van der Waals surface area contributed by atoms with E-state index in [0.717, 1.165) is 19.0 Å². The molecule has 0 aromatic heterocycles. The maximum atomic E-state index is 8.89. The van der Waals surface area contributed by atoms with Gasteiger partial charge in [0.25, 0.3) is 0 Å². The van der Waals surface area contributed by atoms with Gasteiger partial charge in [0.05, 0.1) is 6.61 Å². The van der Waals surface area contributed by atoms with Gasteiger partial charge in [-0.25, -0.2) is 0 Å². The fraction of sp³-hybridized carbons (Fsp3) is 1.00. The van der Waals surface area contributed by atoms with Crippen LogP contribution < -0.4 is 0 Å². The van der Waals surface area contributed by atoms with Gasteiger partial charge in [0.1, 0.15) is 0 Å². The van der Waals surface area contributed by atoms with E-state index in [1.54, 1.807) is 0 Å². The molecule has 0 aromatic rings. The quantitative estimate of drug-likeness (QED) is 0.708. The van der Waals surface area contributed by atoms with Crippen molar-refractivity contribution in [2.75, 3.05) is 19.7 Å². The highest BCUT2D eigenvalue weighted by Gasteiger charge is 2.37. The lowest BCUT2D eigenvalue weighted by atomic mass is 9.77. The van der Waals surface area contributed by atoms with E-state index in [4.69, 9.17) is 5.11 Å². The molecule has 1 rings (SSSR count). The lowest BCUT2D eigenvalue weighted by Crippen LogP contribution is -2.36. The Morgan fingerprint density at radius 3 is 2.38 bits per heavy atom. The van der Waals surface area contributed by atoms with E-state index in [2.05, 4.69) is 32.6 Å². The van der Waals surface area contributed by atoms with Gasteiger partial charge in [0.15, 0.2) is 0 Å². The van der Waals surface area contributed by atoms with E-state index in [0.29, 0.717) is 18.1 Å². The summed E-state index contributed by atoms with van der Waals surface area (Å²) >= 11 is 0. The maximum absolute atomic E-state index is 8.89. The van der Waals surface area contributed by atoms with E-state index in [9.17, 15) is 0 Å². The Balaban J connectivity index is 2.55. The highest BCUT2D eigenvalue weighted by molar-refractivity contribution is 4.90. The molecule has 1 saturated heterocycles. The van der Waals surface area contributed by atoms with Crippen molar-refractivity contribution < 1.29 is 5.11 Å². The van der Waals surface area contributed by atoms with Crippen LogP contribution in [-0.4, -0.2) is 35.7 Å². The number of hydrogen-bond donors (Lipinski definition) is 1. The number of aliphatic hydroxyl groups is 1. The van der Waals surface area contributed by atoms with Gasteiger partial charge >= 0.3 is 0 Å². The minimum atomic E-state index is 0.293. The summed E-state index contributed by atoms with van der Waals surface area (Å²) in [6.07, 6.45) is 1.28. The fourth-order valence-corrected chi connectivity index (χ4v) is 2.60. The van der Waals surface area contributed by atoms with Crippen LogP contribution in [0.25, 0.3) is 0 Å². The number of likely N-dealkylation sites (tertiary alicyclic amines) is 1. The van der Waals surface area contributed by atoms with Crippen LogP contribution in [0.15, 0.2) is 0 Å². The first-order valence-electron chi connectivity index (χ1n) is 5.31. The molecule has 0 saturated carbocycles. The summed E-state index contributed by atoms with van der Waals surface area (Å²) in [5, 5.41) is 8.89. The zero-order chi connectivity index (χ0) is 10.1. The molecule has 1 N–H and O–H groups in total. The summed E-state index contributed by atoms with van der Waals surface area (Å²) in [6.45, 7) is 11.5. The zero-order valence-electron chi connectivity index (χ0n) is 9.38. The lowest BCUT2D eigenvalue weighted by Gasteiger charge is -2.32. The summed E-state index contributed by atoms with van der Waals surface area (Å²) in [5.41, 5.74) is 0.406. The zero-order valence-corrected chi connectivity index (χ0v) is 9.38. The molecule has 2 atom stereocenters. The van der Waals surface area contributed by atoms with Gasteiger partial charge in [0.2, 0.25) is 0 Å². The molecule has 0 spiro atoms. The predicted molar refractivity (Wildman–Crippen MR) is 55.7 cm³/mol. The largest absolute Gasteiger partial charge is 0.395 e. The molecule has 13 heavy (non-hydrogen) atoms. The van der Waals surface area contributed by atoms with E-state index in [1.807, 2.05) is 0 Å². The first kappa shape index (κ1) is 11.0. The molecule has 2 nitrogen and oxygen atoms in total. The Labute approximate surface area is 81.9 Å². The molecule has 0 aliphatic carbocycles. The van der Waals surface area contributed by atoms with Gasteiger partial charge in [-0.05, 0) is 31.2 Å². The molecular weight excluding hydrogens is 162 g/mol. The summed E-state index contributed by atoms with van der Waals surface area (Å²) in [6, 6.07) is 0.632. The van der Waals surface area contributed by atoms with Gasteiger partial charge in [-0.2, -0.15) is 0 Å². The lowest BCUT2D eigenvalue weighted by molar-refractivity contribution is 0.142. The van der Waals surface area contributed by atoms with Crippen LogP contribution in [0.2, 0.25) is 0 Å². The maximum Gasteiger partial charge on any atom is 0.0558 e. The van der Waals surface area contributed by atoms with Crippen molar-refractivity contribution >= 4 is 0 Å². The summed E-state index contributed by atoms with van der Waals surface area (Å²) < 4.78 is 0. The van der Waals surface area contributed by atoms with E-state index >= 15 is 0 Å². The highest BCUT2D eigenvalue weighted by Crippen LogP contribution is 2.37. The van der Waals surface area contributed by atoms with Crippen molar-refractivity contribution in [1.29, 1.82) is 0 Å². The van der Waals surface area contributed by atoms with Crippen LogP contribution in [0.5, 0.6) is 0 Å². The smallest absolute Gasteiger partial charge is 0.0558 e. The molecule has 1 aliphatic heterocycles. The van der Waals surface area contributed by atoms with Gasteiger partial charge < -0.3 is 5.11 Å². The van der Waals surface area contributed by atoms with Crippen LogP contribution >= 0.6 is 0 Å². The topological polar surface area (TPSA) is 23.5 Å². The van der Waals surface area contributed by atoms with Crippen LogP contribution in [0.1, 0.15) is 34.1 Å². The molecule has 1 heterocycles. The van der Waals surface area contributed by atoms with Crippen LogP contribution in [-0.2, 0) is 0 Å². The predicted octanol–water partition coefficient (Wildman–Crippen LogP) is 1.74. The van der Waals surface area contributed by atoms with Crippen LogP contribution in [0.4, 0.5) is 0 Å². The van der Waals surface area contributed by atoms with Crippen molar-refractivity contribution in [1.82, 2.24) is 4.90 Å². The van der Waals surface area contributed by atoms with Gasteiger partial charge in [0, 0.05) is 12.6 Å². The van der Waals surface area contributed by atoms with E-state index < -0.39 is 0 Å². The molecule has 0 bridgehead atoms. The Morgan fingerprint density at radius 1 is 1.38 bits per heavy atom. The Bertz CT molecular complexity index is 162. The van der Waals surface area contributed by atoms with Crippen molar-refractivity contribution in [3.63, 3.8) is 0 Å². The SMILES string of the molecule is C[C@@H]1[C@H](C(C)(C)C)CCN1CCO. The summed E-state index contributed by atoms with van der Waals surface area (Å²) in [4.78, 5) is 2.40. The number of rotatable bonds is 2. The number of aliphatic hydroxyl groups excluding tert-OH is 1. The summed E-state index contributed by atoms with van der Waals surface area (Å²) in [5.74, 6) is 0.777. The molecule has 0 unspecified atom stereocenters. The van der Waals surface area contributed by atoms with Gasteiger partial charge in [-0.3, -0.25) is 4.90 Å². The van der Waals surface area contributed by atoms with E-state index in [1.165, 1.54) is 6.42 Å². The van der Waals surface area contributed by atoms with Crippen molar-refractivity contribution in [3.8, 4) is 0 Å². The third-order valence-corrected chi connectivity index (χ3v) is 3.39. The van der Waals surface area contributed by atoms with Crippen molar-refractivity contribution in [2.24, 2.45) is 11.3 Å². The second kappa shape index (κ2) is 3.97. The average molecular weight is 185 g/mol. The van der Waals surface area contributed by atoms with Crippen molar-refractivity contribution in [3.05, 3.63) is 0 Å². The molecular formula is C11H23NO. The monoisotopic (exact) mass is 185 g/mol. The molecule has 0 radical (unpaired) electrons. The first-order valence-corrected chi connectivity index (χ1v) is 5.31. The van der Waals surface area contributed by atoms with Crippen molar-refractivity contribution in [2.45, 2.75) is 40.2 Å². The summed E-state index contributed by atoms with van der Waals surface area (Å²) in [7, 11) is 0. The Kier molecular flexibility index (Phi) is 3.36. The fourth-order valence-electron chi connectivity index (χ4n) is 2.60. The Hall–Kier alpha value is -0.0800. The third kappa shape index (κ3) is 2.44. The minimum Gasteiger partial charge on any atom is -0.395 e. The molecule has 78 valence electrons. The van der Waals surface area contributed by atoms with Crippen LogP contribution in [0.3, 0.4) is 0 Å². The second-order valence-electron chi connectivity index (χ2n) is 5.26. The average Bonchev–Trinajstić information content (AvgIpc) is 2.32. The van der Waals surface area contributed by atoms with Gasteiger partial charge in [-0.1, -0.05) is 20.8 Å². The highest BCUT2D eigenvalue weighted by atomic mass is 16.3. The standard InChI is InChI=1S/C11H23NO/c1-9-10(11(2,3)4)5-6-12(9)7-8-13/h9-10,13H,5-8H2,1-4H3/t9-,10-/m1/s1. The molecule has 1 fully saturated rings. The second-order valence-corrected chi connectivity index (χ2v) is 5.26. The minimum absolute atomic E-state index is 0.293. The first-order chi connectivity index (χ1) is 5.96. The normalized spacial score (nSPS) is 31.2. The molecule has 0 aromatic carbocycles. The third-order valence-electron chi connectivity index (χ3n) is 3.39.